The quantitative estimate of drug-likeness (QED) is 0.685. The summed E-state index contributed by atoms with van der Waals surface area (Å²) in [4.78, 5) is 2.43. The zero-order valence-corrected chi connectivity index (χ0v) is 12.6. The van der Waals surface area contributed by atoms with Crippen molar-refractivity contribution in [3.63, 3.8) is 0 Å². The van der Waals surface area contributed by atoms with Crippen LogP contribution in [-0.2, 0) is 6.42 Å². The number of hydrogen-bond acceptors (Lipinski definition) is 1. The standard InChI is InChI=1S/C14H12BrClS/c1-2-10-3-5-11(6-4-10)17-12-7-8-14(16)13(15)9-12/h3-9H,2H2,1H3. The first kappa shape index (κ1) is 13.0. The zero-order valence-electron chi connectivity index (χ0n) is 9.41. The fraction of sp³-hybridized carbons (Fsp3) is 0.143. The lowest BCUT2D eigenvalue weighted by molar-refractivity contribution is 1.13. The Bertz CT molecular complexity index is 508. The molecule has 88 valence electrons. The predicted molar refractivity (Wildman–Crippen MR) is 79.1 cm³/mol. The van der Waals surface area contributed by atoms with E-state index < -0.39 is 0 Å². The first-order chi connectivity index (χ1) is 8.19. The van der Waals surface area contributed by atoms with Gasteiger partial charge in [-0.15, -0.1) is 0 Å². The van der Waals surface area contributed by atoms with Gasteiger partial charge in [-0.1, -0.05) is 42.4 Å². The molecule has 0 atom stereocenters. The molecular weight excluding hydrogens is 316 g/mol. The fourth-order valence-electron chi connectivity index (χ4n) is 1.47. The lowest BCUT2D eigenvalue weighted by Crippen LogP contribution is -1.79. The van der Waals surface area contributed by atoms with E-state index in [1.165, 1.54) is 15.4 Å². The molecule has 0 unspecified atom stereocenters. The first-order valence-electron chi connectivity index (χ1n) is 5.41. The molecule has 0 saturated carbocycles. The molecule has 0 aliphatic rings. The molecule has 0 N–H and O–H groups in total. The van der Waals surface area contributed by atoms with Crippen LogP contribution in [0.2, 0.25) is 5.02 Å². The minimum Gasteiger partial charge on any atom is -0.0901 e. The molecule has 0 bridgehead atoms. The Hall–Kier alpha value is -0.440. The maximum absolute atomic E-state index is 5.97. The van der Waals surface area contributed by atoms with Crippen LogP contribution in [0.1, 0.15) is 12.5 Å². The van der Waals surface area contributed by atoms with E-state index in [-0.39, 0.29) is 0 Å². The minimum absolute atomic E-state index is 0.746. The molecule has 0 aromatic heterocycles. The molecule has 0 saturated heterocycles. The van der Waals surface area contributed by atoms with Crippen molar-refractivity contribution in [2.75, 3.05) is 0 Å². The molecule has 17 heavy (non-hydrogen) atoms. The Morgan fingerprint density at radius 1 is 1.06 bits per heavy atom. The average molecular weight is 328 g/mol. The Labute approximate surface area is 120 Å². The van der Waals surface area contributed by atoms with Gasteiger partial charge in [0.25, 0.3) is 0 Å². The van der Waals surface area contributed by atoms with Crippen molar-refractivity contribution < 1.29 is 0 Å². The Kier molecular flexibility index (Phi) is 4.55. The highest BCUT2D eigenvalue weighted by molar-refractivity contribution is 9.10. The van der Waals surface area contributed by atoms with E-state index in [2.05, 4.69) is 47.1 Å². The maximum atomic E-state index is 5.97. The van der Waals surface area contributed by atoms with Gasteiger partial charge >= 0.3 is 0 Å². The van der Waals surface area contributed by atoms with E-state index in [4.69, 9.17) is 11.6 Å². The summed E-state index contributed by atoms with van der Waals surface area (Å²) in [5.74, 6) is 0. The fourth-order valence-corrected chi connectivity index (χ4v) is 2.97. The van der Waals surface area contributed by atoms with Crippen molar-refractivity contribution in [2.24, 2.45) is 0 Å². The topological polar surface area (TPSA) is 0 Å². The van der Waals surface area contributed by atoms with Crippen LogP contribution in [-0.4, -0.2) is 0 Å². The van der Waals surface area contributed by atoms with Crippen molar-refractivity contribution in [1.82, 2.24) is 0 Å². The summed E-state index contributed by atoms with van der Waals surface area (Å²) in [5, 5.41) is 0.746. The highest BCUT2D eigenvalue weighted by atomic mass is 79.9. The van der Waals surface area contributed by atoms with Crippen LogP contribution in [0.15, 0.2) is 56.7 Å². The highest BCUT2D eigenvalue weighted by Gasteiger charge is 2.01. The maximum Gasteiger partial charge on any atom is 0.0548 e. The van der Waals surface area contributed by atoms with Crippen LogP contribution in [0, 0.1) is 0 Å². The van der Waals surface area contributed by atoms with Gasteiger partial charge in [-0.25, -0.2) is 0 Å². The second-order valence-corrected chi connectivity index (χ2v) is 6.08. The molecular formula is C14H12BrClS. The van der Waals surface area contributed by atoms with Gasteiger partial charge in [-0.05, 0) is 58.2 Å². The summed E-state index contributed by atoms with van der Waals surface area (Å²) in [6.07, 6.45) is 1.08. The summed E-state index contributed by atoms with van der Waals surface area (Å²) >= 11 is 11.1. The van der Waals surface area contributed by atoms with E-state index in [9.17, 15) is 0 Å². The Morgan fingerprint density at radius 3 is 2.29 bits per heavy atom. The largest absolute Gasteiger partial charge is 0.0901 e. The van der Waals surface area contributed by atoms with Gasteiger partial charge in [0.05, 0.1) is 5.02 Å². The number of rotatable bonds is 3. The van der Waals surface area contributed by atoms with Crippen molar-refractivity contribution in [1.29, 1.82) is 0 Å². The Balaban J connectivity index is 2.16. The van der Waals surface area contributed by atoms with Gasteiger partial charge in [0.15, 0.2) is 0 Å². The molecule has 2 aromatic rings. The van der Waals surface area contributed by atoms with Gasteiger partial charge in [0.2, 0.25) is 0 Å². The summed E-state index contributed by atoms with van der Waals surface area (Å²) in [7, 11) is 0. The van der Waals surface area contributed by atoms with Crippen molar-refractivity contribution in [2.45, 2.75) is 23.1 Å². The smallest absolute Gasteiger partial charge is 0.0548 e. The van der Waals surface area contributed by atoms with E-state index in [0.29, 0.717) is 0 Å². The van der Waals surface area contributed by atoms with Gasteiger partial charge in [0.1, 0.15) is 0 Å². The van der Waals surface area contributed by atoms with Gasteiger partial charge in [0, 0.05) is 14.3 Å². The van der Waals surface area contributed by atoms with Crippen LogP contribution in [0.5, 0.6) is 0 Å². The molecule has 2 rings (SSSR count). The van der Waals surface area contributed by atoms with E-state index in [1.807, 2.05) is 18.2 Å². The van der Waals surface area contributed by atoms with Crippen LogP contribution < -0.4 is 0 Å². The molecule has 0 heterocycles. The molecule has 0 amide bonds. The third-order valence-corrected chi connectivity index (χ3v) is 4.67. The number of halogens is 2. The van der Waals surface area contributed by atoms with Crippen LogP contribution >= 0.6 is 39.3 Å². The van der Waals surface area contributed by atoms with E-state index >= 15 is 0 Å². The number of benzene rings is 2. The van der Waals surface area contributed by atoms with Crippen molar-refractivity contribution >= 4 is 39.3 Å². The van der Waals surface area contributed by atoms with Gasteiger partial charge < -0.3 is 0 Å². The molecule has 3 heteroatoms. The van der Waals surface area contributed by atoms with Crippen molar-refractivity contribution in [3.05, 3.63) is 57.5 Å². The lowest BCUT2D eigenvalue weighted by atomic mass is 10.2. The molecule has 0 fully saturated rings. The van der Waals surface area contributed by atoms with Gasteiger partial charge in [-0.3, -0.25) is 0 Å². The molecule has 0 radical (unpaired) electrons. The highest BCUT2D eigenvalue weighted by Crippen LogP contribution is 2.32. The summed E-state index contributed by atoms with van der Waals surface area (Å²) in [6, 6.07) is 14.7. The second kappa shape index (κ2) is 5.94. The van der Waals surface area contributed by atoms with Gasteiger partial charge in [-0.2, -0.15) is 0 Å². The monoisotopic (exact) mass is 326 g/mol. The van der Waals surface area contributed by atoms with Crippen molar-refractivity contribution in [3.8, 4) is 0 Å². The van der Waals surface area contributed by atoms with Crippen LogP contribution in [0.3, 0.4) is 0 Å². The lowest BCUT2D eigenvalue weighted by Gasteiger charge is -2.04. The number of hydrogen-bond donors (Lipinski definition) is 0. The van der Waals surface area contributed by atoms with E-state index in [0.717, 1.165) is 15.9 Å². The summed E-state index contributed by atoms with van der Waals surface area (Å²) in [6.45, 7) is 2.17. The predicted octanol–water partition coefficient (Wildman–Crippen LogP) is 5.82. The molecule has 0 spiro atoms. The molecule has 0 aliphatic heterocycles. The third-order valence-electron chi connectivity index (χ3n) is 2.46. The first-order valence-corrected chi connectivity index (χ1v) is 7.39. The minimum atomic E-state index is 0.746. The average Bonchev–Trinajstić information content (AvgIpc) is 2.35. The summed E-state index contributed by atoms with van der Waals surface area (Å²) in [5.41, 5.74) is 1.37. The SMILES string of the molecule is CCc1ccc(Sc2ccc(Cl)c(Br)c2)cc1. The van der Waals surface area contributed by atoms with Crippen LogP contribution in [0.4, 0.5) is 0 Å². The molecule has 0 nitrogen and oxygen atoms in total. The zero-order chi connectivity index (χ0) is 12.3. The normalized spacial score (nSPS) is 10.5. The summed E-state index contributed by atoms with van der Waals surface area (Å²) < 4.78 is 0.939. The molecule has 0 aliphatic carbocycles. The number of aryl methyl sites for hydroxylation is 1. The Morgan fingerprint density at radius 2 is 1.71 bits per heavy atom. The van der Waals surface area contributed by atoms with E-state index in [1.54, 1.807) is 11.8 Å². The second-order valence-electron chi connectivity index (χ2n) is 3.68. The molecule has 2 aromatic carbocycles. The van der Waals surface area contributed by atoms with Crippen LogP contribution in [0.25, 0.3) is 0 Å². The third kappa shape index (κ3) is 3.51.